The van der Waals surface area contributed by atoms with Crippen molar-refractivity contribution in [1.82, 2.24) is 9.97 Å². The van der Waals surface area contributed by atoms with E-state index in [0.29, 0.717) is 28.1 Å². The summed E-state index contributed by atoms with van der Waals surface area (Å²) in [5.74, 6) is -0.911. The maximum absolute atomic E-state index is 13.6. The van der Waals surface area contributed by atoms with Gasteiger partial charge in [-0.3, -0.25) is 14.6 Å². The van der Waals surface area contributed by atoms with Gasteiger partial charge in [0.05, 0.1) is 45.3 Å². The van der Waals surface area contributed by atoms with E-state index in [0.717, 1.165) is 36.1 Å². The number of nitrogens with one attached hydrogen (secondary N) is 2. The number of benzene rings is 2. The topological polar surface area (TPSA) is 102 Å². The molecule has 5 rings (SSSR count). The third-order valence-corrected chi connectivity index (χ3v) is 8.45. The molecule has 2 unspecified atom stereocenters. The van der Waals surface area contributed by atoms with Crippen molar-refractivity contribution in [2.75, 3.05) is 31.0 Å². The lowest BCUT2D eigenvalue weighted by molar-refractivity contribution is -0.139. The van der Waals surface area contributed by atoms with Gasteiger partial charge in [0, 0.05) is 25.1 Å². The van der Waals surface area contributed by atoms with Gasteiger partial charge < -0.3 is 20.1 Å². The van der Waals surface area contributed by atoms with E-state index in [1.54, 1.807) is 19.1 Å². The molecule has 1 fully saturated rings. The molecular formula is C32H34F4N4O4S. The summed E-state index contributed by atoms with van der Waals surface area (Å²) in [6, 6.07) is 6.70. The number of hydrogen-bond acceptors (Lipinski definition) is 7. The van der Waals surface area contributed by atoms with Crippen LogP contribution in [-0.4, -0.2) is 42.1 Å². The van der Waals surface area contributed by atoms with Gasteiger partial charge in [0.15, 0.2) is 0 Å². The molecule has 2 N–H and O–H groups in total. The summed E-state index contributed by atoms with van der Waals surface area (Å²) < 4.78 is 64.0. The van der Waals surface area contributed by atoms with Crippen LogP contribution in [0.1, 0.15) is 64.4 Å². The smallest absolute Gasteiger partial charge is 0.419 e. The highest BCUT2D eigenvalue weighted by Crippen LogP contribution is 2.34. The van der Waals surface area contributed by atoms with Gasteiger partial charge in [-0.1, -0.05) is 26.7 Å². The van der Waals surface area contributed by atoms with Gasteiger partial charge in [0.2, 0.25) is 0 Å². The number of hydrogen-bond donors (Lipinski definition) is 2. The Hall–Kier alpha value is -4.10. The number of alkyl halides is 3. The van der Waals surface area contributed by atoms with Crippen LogP contribution in [0.5, 0.6) is 5.75 Å². The third kappa shape index (κ3) is 8.34. The van der Waals surface area contributed by atoms with E-state index in [-0.39, 0.29) is 22.5 Å². The molecule has 2 aromatic heterocycles. The molecule has 0 radical (unpaired) electrons. The minimum Gasteiger partial charge on any atom is -0.496 e. The van der Waals surface area contributed by atoms with Crippen LogP contribution < -0.4 is 15.4 Å². The molecule has 1 aliphatic heterocycles. The Morgan fingerprint density at radius 1 is 1.04 bits per heavy atom. The van der Waals surface area contributed by atoms with Crippen LogP contribution in [0.2, 0.25) is 0 Å². The number of methoxy groups -OCH3 is 1. The number of nitrogens with zero attached hydrogens (tertiary/aromatic N) is 2. The Kier molecular flexibility index (Phi) is 11.1. The number of thiazole rings is 1. The van der Waals surface area contributed by atoms with Crippen molar-refractivity contribution >= 4 is 44.7 Å². The lowest BCUT2D eigenvalue weighted by Gasteiger charge is -2.27. The molecule has 2 amide bonds. The van der Waals surface area contributed by atoms with Crippen molar-refractivity contribution in [2.24, 2.45) is 11.8 Å². The van der Waals surface area contributed by atoms with Crippen LogP contribution >= 0.6 is 11.3 Å². The number of fused-ring (bicyclic) bond motifs is 1. The summed E-state index contributed by atoms with van der Waals surface area (Å²) in [5, 5.41) is 5.64. The first kappa shape index (κ1) is 33.8. The molecule has 1 aliphatic rings. The highest BCUT2D eigenvalue weighted by Gasteiger charge is 2.34. The Morgan fingerprint density at radius 2 is 1.76 bits per heavy atom. The van der Waals surface area contributed by atoms with E-state index in [1.807, 2.05) is 0 Å². The van der Waals surface area contributed by atoms with Gasteiger partial charge in [-0.25, -0.2) is 9.37 Å². The highest BCUT2D eigenvalue weighted by atomic mass is 32.1. The molecule has 0 spiro atoms. The molecule has 1 saturated heterocycles. The molecule has 13 heteroatoms. The number of carbonyl (C=O) groups excluding carboxylic acids is 2. The Labute approximate surface area is 262 Å². The number of pyridine rings is 1. The van der Waals surface area contributed by atoms with Crippen LogP contribution in [0.4, 0.5) is 28.9 Å². The van der Waals surface area contributed by atoms with Gasteiger partial charge in [0.1, 0.15) is 17.1 Å². The summed E-state index contributed by atoms with van der Waals surface area (Å²) in [6.45, 7) is 8.32. The number of aromatic nitrogens is 2. The maximum Gasteiger partial charge on any atom is 0.419 e. The van der Waals surface area contributed by atoms with Crippen molar-refractivity contribution in [3.05, 3.63) is 76.3 Å². The SMILES string of the molecule is CCC1COCC(CC)C1.COc1ccc2nc(C)sc2c1C(=O)Nc1cnccc1C(=O)Nc1ccc(F)c(C(F)(F)F)c1. The lowest BCUT2D eigenvalue weighted by Crippen LogP contribution is -2.24. The number of amides is 2. The van der Waals surface area contributed by atoms with Crippen molar-refractivity contribution in [3.63, 3.8) is 0 Å². The minimum atomic E-state index is -4.93. The van der Waals surface area contributed by atoms with Crippen molar-refractivity contribution in [2.45, 2.75) is 46.2 Å². The van der Waals surface area contributed by atoms with E-state index in [1.165, 1.54) is 56.2 Å². The Morgan fingerprint density at radius 3 is 2.40 bits per heavy atom. The number of halogens is 4. The summed E-state index contributed by atoms with van der Waals surface area (Å²) in [6.07, 6.45) is 1.54. The Bertz CT molecular complexity index is 1650. The molecule has 0 bridgehead atoms. The summed E-state index contributed by atoms with van der Waals surface area (Å²) in [5.41, 5.74) is -1.05. The second kappa shape index (κ2) is 14.8. The monoisotopic (exact) mass is 646 g/mol. The average Bonchev–Trinajstić information content (AvgIpc) is 3.41. The second-order valence-corrected chi connectivity index (χ2v) is 11.8. The van der Waals surface area contributed by atoms with Gasteiger partial charge >= 0.3 is 6.18 Å². The number of rotatable bonds is 7. The van der Waals surface area contributed by atoms with Crippen molar-refractivity contribution < 1.29 is 36.6 Å². The highest BCUT2D eigenvalue weighted by molar-refractivity contribution is 7.19. The average molecular weight is 647 g/mol. The fraction of sp³-hybridized carbons (Fsp3) is 0.375. The molecule has 2 atom stereocenters. The first-order valence-electron chi connectivity index (χ1n) is 14.4. The van der Waals surface area contributed by atoms with E-state index >= 15 is 0 Å². The summed E-state index contributed by atoms with van der Waals surface area (Å²) >= 11 is 1.29. The zero-order valence-corrected chi connectivity index (χ0v) is 26.1. The van der Waals surface area contributed by atoms with E-state index in [2.05, 4.69) is 34.4 Å². The van der Waals surface area contributed by atoms with Crippen LogP contribution in [0, 0.1) is 24.6 Å². The van der Waals surface area contributed by atoms with Gasteiger partial charge in [-0.2, -0.15) is 13.2 Å². The molecule has 0 aliphatic carbocycles. The molecule has 240 valence electrons. The predicted molar refractivity (Wildman–Crippen MR) is 165 cm³/mol. The second-order valence-electron chi connectivity index (χ2n) is 10.6. The zero-order valence-electron chi connectivity index (χ0n) is 25.3. The molecule has 8 nitrogen and oxygen atoms in total. The third-order valence-electron chi connectivity index (χ3n) is 7.45. The molecule has 2 aromatic carbocycles. The summed E-state index contributed by atoms with van der Waals surface area (Å²) in [7, 11) is 1.41. The number of ether oxygens (including phenoxy) is 2. The largest absolute Gasteiger partial charge is 0.496 e. The van der Waals surface area contributed by atoms with Gasteiger partial charge in [0.25, 0.3) is 11.8 Å². The molecule has 0 saturated carbocycles. The number of anilines is 2. The van der Waals surface area contributed by atoms with E-state index in [9.17, 15) is 27.2 Å². The van der Waals surface area contributed by atoms with E-state index in [4.69, 9.17) is 9.47 Å². The van der Waals surface area contributed by atoms with Gasteiger partial charge in [-0.05, 0) is 61.6 Å². The Balaban J connectivity index is 0.000000392. The van der Waals surface area contributed by atoms with Crippen LogP contribution in [-0.2, 0) is 10.9 Å². The maximum atomic E-state index is 13.6. The molecule has 3 heterocycles. The van der Waals surface area contributed by atoms with Crippen molar-refractivity contribution in [3.8, 4) is 5.75 Å². The van der Waals surface area contributed by atoms with Crippen LogP contribution in [0.3, 0.4) is 0 Å². The molecule has 45 heavy (non-hydrogen) atoms. The predicted octanol–water partition coefficient (Wildman–Crippen LogP) is 8.13. The van der Waals surface area contributed by atoms with E-state index < -0.39 is 29.4 Å². The number of aryl methyl sites for hydroxylation is 1. The quantitative estimate of drug-likeness (QED) is 0.197. The number of carbonyl (C=O) groups is 2. The minimum absolute atomic E-state index is 0.00782. The summed E-state index contributed by atoms with van der Waals surface area (Å²) in [4.78, 5) is 34.3. The molecular weight excluding hydrogens is 612 g/mol. The fourth-order valence-corrected chi connectivity index (χ4v) is 5.90. The first-order valence-corrected chi connectivity index (χ1v) is 15.2. The van der Waals surface area contributed by atoms with Gasteiger partial charge in [-0.15, -0.1) is 11.3 Å². The van der Waals surface area contributed by atoms with Crippen molar-refractivity contribution in [1.29, 1.82) is 0 Å². The zero-order chi connectivity index (χ0) is 32.7. The standard InChI is InChI=1S/C23H16F4N4O3S.C9H18O/c1-11-29-16-5-6-18(34-2)19(20(16)35-11)22(33)31-17-10-28-8-7-13(17)21(32)30-12-3-4-15(24)14(9-12)23(25,26)27;1-3-8-5-9(4-2)7-10-6-8/h3-10H,1-2H3,(H,30,32)(H,31,33);8-9H,3-7H2,1-2H3. The van der Waals surface area contributed by atoms with Crippen LogP contribution in [0.15, 0.2) is 48.8 Å². The first-order chi connectivity index (χ1) is 21.4. The van der Waals surface area contributed by atoms with Crippen LogP contribution in [0.25, 0.3) is 10.2 Å². The normalized spacial score (nSPS) is 16.4. The fourth-order valence-electron chi connectivity index (χ4n) is 4.94. The lowest BCUT2D eigenvalue weighted by atomic mass is 9.90. The molecule has 4 aromatic rings.